The smallest absolute Gasteiger partial charge is 0.284 e. The monoisotopic (exact) mass is 399 g/mol. The number of nitrogens with zero attached hydrogens (tertiary/aromatic N) is 2. The van der Waals surface area contributed by atoms with Crippen LogP contribution in [0, 0.1) is 18.6 Å². The fraction of sp³-hybridized carbons (Fsp3) is 0.190. The zero-order valence-corrected chi connectivity index (χ0v) is 15.8. The molecule has 0 aliphatic heterocycles. The maximum absolute atomic E-state index is 13.7. The Kier molecular flexibility index (Phi) is 5.84. The number of halogens is 2. The normalized spacial score (nSPS) is 11.9. The molecule has 3 rings (SSSR count). The van der Waals surface area contributed by atoms with Gasteiger partial charge in [0, 0.05) is 17.7 Å². The van der Waals surface area contributed by atoms with Crippen molar-refractivity contribution in [1.82, 2.24) is 15.1 Å². The topological polar surface area (TPSA) is 84.2 Å². The highest BCUT2D eigenvalue weighted by molar-refractivity contribution is 5.95. The average Bonchev–Trinajstić information content (AvgIpc) is 2.67. The van der Waals surface area contributed by atoms with Gasteiger partial charge in [-0.3, -0.25) is 9.59 Å². The van der Waals surface area contributed by atoms with Gasteiger partial charge in [-0.05, 0) is 32.0 Å². The van der Waals surface area contributed by atoms with Crippen molar-refractivity contribution < 1.29 is 18.7 Å². The van der Waals surface area contributed by atoms with Crippen molar-refractivity contribution in [2.45, 2.75) is 19.9 Å². The minimum atomic E-state index is -0.880. The molecule has 0 spiro atoms. The number of carbonyl (C=O) groups is 1. The van der Waals surface area contributed by atoms with Gasteiger partial charge in [0.25, 0.3) is 11.5 Å². The van der Waals surface area contributed by atoms with Gasteiger partial charge in [-0.1, -0.05) is 29.8 Å². The predicted octanol–water partition coefficient (Wildman–Crippen LogP) is 2.60. The first-order chi connectivity index (χ1) is 13.8. The molecule has 0 saturated carbocycles. The molecule has 0 saturated heterocycles. The van der Waals surface area contributed by atoms with Gasteiger partial charge < -0.3 is 10.4 Å². The second-order valence-corrected chi connectivity index (χ2v) is 6.71. The number of benzene rings is 2. The van der Waals surface area contributed by atoms with E-state index < -0.39 is 29.1 Å². The zero-order chi connectivity index (χ0) is 21.1. The fourth-order valence-corrected chi connectivity index (χ4v) is 2.71. The molecule has 0 fully saturated rings. The van der Waals surface area contributed by atoms with Crippen LogP contribution in [0.5, 0.6) is 0 Å². The average molecular weight is 399 g/mol. The Morgan fingerprint density at radius 1 is 1.14 bits per heavy atom. The summed E-state index contributed by atoms with van der Waals surface area (Å²) in [6.07, 6.45) is 0. The van der Waals surface area contributed by atoms with E-state index in [0.29, 0.717) is 11.6 Å². The second kappa shape index (κ2) is 8.32. The summed E-state index contributed by atoms with van der Waals surface area (Å²) in [6.45, 7) is 3.16. The highest BCUT2D eigenvalue weighted by Gasteiger charge is 2.19. The van der Waals surface area contributed by atoms with Crippen molar-refractivity contribution in [1.29, 1.82) is 0 Å². The summed E-state index contributed by atoms with van der Waals surface area (Å²) in [5.74, 6) is -2.48. The van der Waals surface area contributed by atoms with Crippen LogP contribution >= 0.6 is 0 Å². The lowest BCUT2D eigenvalue weighted by Crippen LogP contribution is -2.39. The minimum Gasteiger partial charge on any atom is -0.394 e. The van der Waals surface area contributed by atoms with Gasteiger partial charge in [0.1, 0.15) is 17.2 Å². The van der Waals surface area contributed by atoms with Crippen LogP contribution < -0.4 is 10.9 Å². The van der Waals surface area contributed by atoms with Crippen LogP contribution in [0.15, 0.2) is 53.3 Å². The lowest BCUT2D eigenvalue weighted by molar-refractivity contribution is 0.0920. The molecule has 0 aliphatic rings. The molecule has 1 aromatic heterocycles. The first-order valence-electron chi connectivity index (χ1n) is 8.88. The summed E-state index contributed by atoms with van der Waals surface area (Å²) >= 11 is 0. The van der Waals surface area contributed by atoms with Crippen LogP contribution in [0.3, 0.4) is 0 Å². The van der Waals surface area contributed by atoms with Crippen molar-refractivity contribution in [3.8, 4) is 16.9 Å². The van der Waals surface area contributed by atoms with Crippen LogP contribution in [-0.2, 0) is 0 Å². The number of amides is 1. The van der Waals surface area contributed by atoms with Gasteiger partial charge in [0.15, 0.2) is 0 Å². The summed E-state index contributed by atoms with van der Waals surface area (Å²) in [4.78, 5) is 25.5. The van der Waals surface area contributed by atoms with Crippen LogP contribution in [0.25, 0.3) is 16.9 Å². The molecule has 1 atom stereocenters. The molecule has 150 valence electrons. The van der Waals surface area contributed by atoms with E-state index in [1.165, 1.54) is 6.07 Å². The third-order valence-electron chi connectivity index (χ3n) is 4.25. The first kappa shape index (κ1) is 20.3. The molecule has 1 unspecified atom stereocenters. The summed E-state index contributed by atoms with van der Waals surface area (Å²) < 4.78 is 28.2. The highest BCUT2D eigenvalue weighted by Crippen LogP contribution is 2.19. The van der Waals surface area contributed by atoms with Gasteiger partial charge in [-0.25, -0.2) is 8.78 Å². The molecule has 0 bridgehead atoms. The van der Waals surface area contributed by atoms with Gasteiger partial charge in [0.2, 0.25) is 0 Å². The number of hydrogen-bond donors (Lipinski definition) is 2. The lowest BCUT2D eigenvalue weighted by atomic mass is 10.1. The number of rotatable bonds is 5. The van der Waals surface area contributed by atoms with E-state index in [-0.39, 0.29) is 23.6 Å². The molecule has 1 amide bonds. The molecule has 0 radical (unpaired) electrons. The number of hydrogen-bond acceptors (Lipinski definition) is 4. The molecule has 29 heavy (non-hydrogen) atoms. The molecule has 1 heterocycles. The first-order valence-corrected chi connectivity index (χ1v) is 8.88. The van der Waals surface area contributed by atoms with E-state index in [2.05, 4.69) is 10.4 Å². The summed E-state index contributed by atoms with van der Waals surface area (Å²) in [6, 6.07) is 10.5. The maximum atomic E-state index is 13.7. The molecule has 2 aromatic carbocycles. The standard InChI is InChI=1S/C21H19F2N3O3/c1-12-3-5-14(6-4-12)19-10-18(20(28)24-13(2)11-27)21(29)26(25-19)17-8-15(22)7-16(23)9-17/h3-10,13,27H,11H2,1-2H3,(H,24,28). The Bertz CT molecular complexity index is 1090. The van der Waals surface area contributed by atoms with Crippen LogP contribution in [-0.4, -0.2) is 33.4 Å². The van der Waals surface area contributed by atoms with Crippen molar-refractivity contribution in [3.05, 3.63) is 81.6 Å². The molecule has 3 aromatic rings. The van der Waals surface area contributed by atoms with E-state index in [1.807, 2.05) is 19.1 Å². The van der Waals surface area contributed by atoms with Crippen molar-refractivity contribution >= 4 is 5.91 Å². The van der Waals surface area contributed by atoms with E-state index >= 15 is 0 Å². The summed E-state index contributed by atoms with van der Waals surface area (Å²) in [5, 5.41) is 15.9. The molecule has 6 nitrogen and oxygen atoms in total. The Labute approximate surface area is 165 Å². The van der Waals surface area contributed by atoms with E-state index in [4.69, 9.17) is 5.11 Å². The Morgan fingerprint density at radius 2 is 1.76 bits per heavy atom. The molecular weight excluding hydrogens is 380 g/mol. The number of carbonyl (C=O) groups excluding carboxylic acids is 1. The summed E-state index contributed by atoms with van der Waals surface area (Å²) in [7, 11) is 0. The largest absolute Gasteiger partial charge is 0.394 e. The molecule has 0 aliphatic carbocycles. The molecular formula is C21H19F2N3O3. The van der Waals surface area contributed by atoms with Gasteiger partial charge in [0.05, 0.1) is 18.0 Å². The lowest BCUT2D eigenvalue weighted by Gasteiger charge is -2.14. The van der Waals surface area contributed by atoms with Crippen LogP contribution in [0.1, 0.15) is 22.8 Å². The van der Waals surface area contributed by atoms with Crippen molar-refractivity contribution in [2.75, 3.05) is 6.61 Å². The quantitative estimate of drug-likeness (QED) is 0.691. The van der Waals surface area contributed by atoms with Gasteiger partial charge in [-0.15, -0.1) is 0 Å². The highest BCUT2D eigenvalue weighted by atomic mass is 19.1. The van der Waals surface area contributed by atoms with E-state index in [0.717, 1.165) is 22.4 Å². The SMILES string of the molecule is Cc1ccc(-c2cc(C(=O)NC(C)CO)c(=O)n(-c3cc(F)cc(F)c3)n2)cc1. The number of aliphatic hydroxyl groups is 1. The molecule has 8 heteroatoms. The Hall–Kier alpha value is -3.39. The number of aryl methyl sites for hydroxylation is 1. The van der Waals surface area contributed by atoms with E-state index in [1.54, 1.807) is 19.1 Å². The second-order valence-electron chi connectivity index (χ2n) is 6.71. The van der Waals surface area contributed by atoms with E-state index in [9.17, 15) is 18.4 Å². The third kappa shape index (κ3) is 4.55. The number of aliphatic hydroxyl groups excluding tert-OH is 1. The molecule has 2 N–H and O–H groups in total. The van der Waals surface area contributed by atoms with Crippen molar-refractivity contribution in [2.24, 2.45) is 0 Å². The Balaban J connectivity index is 2.22. The third-order valence-corrected chi connectivity index (χ3v) is 4.25. The minimum absolute atomic E-state index is 0.147. The van der Waals surface area contributed by atoms with Crippen LogP contribution in [0.4, 0.5) is 8.78 Å². The fourth-order valence-electron chi connectivity index (χ4n) is 2.71. The number of nitrogens with one attached hydrogen (secondary N) is 1. The maximum Gasteiger partial charge on any atom is 0.284 e. The van der Waals surface area contributed by atoms with Gasteiger partial charge in [-0.2, -0.15) is 9.78 Å². The summed E-state index contributed by atoms with van der Waals surface area (Å²) in [5.41, 5.74) is 0.644. The number of aromatic nitrogens is 2. The zero-order valence-electron chi connectivity index (χ0n) is 15.8. The van der Waals surface area contributed by atoms with Gasteiger partial charge >= 0.3 is 0 Å². The van der Waals surface area contributed by atoms with Crippen LogP contribution in [0.2, 0.25) is 0 Å². The Morgan fingerprint density at radius 3 is 2.34 bits per heavy atom. The predicted molar refractivity (Wildman–Crippen MR) is 104 cm³/mol. The van der Waals surface area contributed by atoms with Crippen molar-refractivity contribution in [3.63, 3.8) is 0 Å².